The molecule has 2 rings (SSSR count). The monoisotopic (exact) mass is 553 g/mol. The van der Waals surface area contributed by atoms with Crippen molar-refractivity contribution in [3.05, 3.63) is 54.4 Å². The smallest absolute Gasteiger partial charge is 0.540 e. The summed E-state index contributed by atoms with van der Waals surface area (Å²) in [5.74, 6) is -0.339. The molecule has 1 aromatic heterocycles. The second kappa shape index (κ2) is 16.7. The van der Waals surface area contributed by atoms with Crippen LogP contribution in [0, 0.1) is 25.7 Å². The van der Waals surface area contributed by atoms with Gasteiger partial charge in [0.25, 0.3) is 0 Å². The number of ether oxygens (including phenoxy) is 1. The largest absolute Gasteiger partial charge is 1.00 e. The van der Waals surface area contributed by atoms with Gasteiger partial charge in [-0.25, -0.2) is 16.1 Å². The van der Waals surface area contributed by atoms with E-state index in [4.69, 9.17) is 9.84 Å². The number of nitrogens with zero attached hydrogens (tertiary/aromatic N) is 1. The first-order valence-corrected chi connectivity index (χ1v) is 13.1. The molecule has 0 fully saturated rings. The van der Waals surface area contributed by atoms with Crippen molar-refractivity contribution in [3.63, 3.8) is 0 Å². The summed E-state index contributed by atoms with van der Waals surface area (Å²) in [5, 5.41) is 23.8. The molecule has 0 aliphatic rings. The molecular formula is C28H40LiN3O6S-2. The Labute approximate surface area is 248 Å². The minimum Gasteiger partial charge on any atom is -0.540 e. The van der Waals surface area contributed by atoms with Crippen LogP contribution >= 0.6 is 11.3 Å². The van der Waals surface area contributed by atoms with Crippen molar-refractivity contribution in [3.8, 4) is 10.4 Å². The van der Waals surface area contributed by atoms with Crippen molar-refractivity contribution in [2.75, 3.05) is 6.61 Å². The number of benzene rings is 1. The number of carbonyl (C=O) groups is 2. The van der Waals surface area contributed by atoms with Gasteiger partial charge in [0.15, 0.2) is 0 Å². The van der Waals surface area contributed by atoms with Crippen molar-refractivity contribution in [2.45, 2.75) is 78.7 Å². The number of aliphatic hydroxyl groups is 2. The van der Waals surface area contributed by atoms with Crippen molar-refractivity contribution >= 4 is 29.6 Å². The SMILES string of the molecule is CC(C)(C)OC(=O)N[C@H]([C-]=O)C(C)(C)C.[CH2-][C@H](O)C[CH-]C(=O)NC(CO)c1ccc(-c2scnc2C)cc1.[Li+]. The van der Waals surface area contributed by atoms with E-state index < -0.39 is 29.9 Å². The number of alkyl carbamates (subject to hydrolysis) is 1. The number of hydrogen-bond donors (Lipinski definition) is 4. The zero-order valence-corrected chi connectivity index (χ0v) is 25.0. The minimum absolute atomic E-state index is 0. The summed E-state index contributed by atoms with van der Waals surface area (Å²) in [4.78, 5) is 39.1. The maximum atomic E-state index is 11.8. The van der Waals surface area contributed by atoms with Gasteiger partial charge >= 0.3 is 25.0 Å². The van der Waals surface area contributed by atoms with E-state index in [1.54, 1.807) is 38.4 Å². The van der Waals surface area contributed by atoms with Gasteiger partial charge in [-0.05, 0) is 44.2 Å². The molecular weight excluding hydrogens is 513 g/mol. The van der Waals surface area contributed by atoms with E-state index in [-0.39, 0.29) is 43.2 Å². The van der Waals surface area contributed by atoms with E-state index in [9.17, 15) is 19.5 Å². The number of aromatic nitrogens is 1. The molecule has 2 amide bonds. The fraction of sp³-hybridized carbons (Fsp3) is 0.500. The quantitative estimate of drug-likeness (QED) is 0.270. The van der Waals surface area contributed by atoms with E-state index in [1.807, 2.05) is 57.5 Å². The summed E-state index contributed by atoms with van der Waals surface area (Å²) in [7, 11) is 0. The maximum Gasteiger partial charge on any atom is 1.00 e. The fourth-order valence-corrected chi connectivity index (χ4v) is 3.81. The fourth-order valence-electron chi connectivity index (χ4n) is 3.00. The summed E-state index contributed by atoms with van der Waals surface area (Å²) in [6.07, 6.45) is 1.90. The van der Waals surface area contributed by atoms with Crippen molar-refractivity contribution < 1.29 is 48.2 Å². The van der Waals surface area contributed by atoms with Gasteiger partial charge in [0.1, 0.15) is 5.60 Å². The maximum absolute atomic E-state index is 11.8. The number of hydrogen-bond acceptors (Lipinski definition) is 8. The Bertz CT molecular complexity index is 1030. The van der Waals surface area contributed by atoms with Gasteiger partial charge in [-0.3, -0.25) is 0 Å². The van der Waals surface area contributed by atoms with Crippen molar-refractivity contribution in [2.24, 2.45) is 5.41 Å². The third-order valence-corrected chi connectivity index (χ3v) is 6.02. The molecule has 2 aromatic rings. The molecule has 212 valence electrons. The van der Waals surface area contributed by atoms with Crippen molar-refractivity contribution in [1.29, 1.82) is 0 Å². The average Bonchev–Trinajstić information content (AvgIpc) is 3.24. The number of aryl methyl sites for hydroxylation is 1. The number of rotatable bonds is 9. The van der Waals surface area contributed by atoms with E-state index in [0.29, 0.717) is 0 Å². The van der Waals surface area contributed by atoms with Crippen LogP contribution in [0.25, 0.3) is 10.4 Å². The Balaban J connectivity index is 0.000000792. The van der Waals surface area contributed by atoms with Crippen LogP contribution in [0.4, 0.5) is 4.79 Å². The zero-order chi connectivity index (χ0) is 29.1. The number of aliphatic hydroxyl groups excluding tert-OH is 2. The first kappa shape index (κ1) is 36.6. The molecule has 9 nitrogen and oxygen atoms in total. The van der Waals surface area contributed by atoms with Crippen LogP contribution in [-0.2, 0) is 14.3 Å². The first-order valence-electron chi connectivity index (χ1n) is 12.2. The van der Waals surface area contributed by atoms with Crippen LogP contribution in [0.1, 0.15) is 65.3 Å². The van der Waals surface area contributed by atoms with Crippen LogP contribution in [0.5, 0.6) is 0 Å². The van der Waals surface area contributed by atoms with Crippen LogP contribution < -0.4 is 29.5 Å². The number of carbonyl (C=O) groups excluding carboxylic acids is 3. The Morgan fingerprint density at radius 1 is 1.15 bits per heavy atom. The normalized spacial score (nSPS) is 13.4. The number of nitrogens with one attached hydrogen (secondary N) is 2. The van der Waals surface area contributed by atoms with Gasteiger partial charge in [0.2, 0.25) is 0 Å². The number of amides is 2. The standard InChI is InChI=1S/C17H20N2O3S.C11H20NO3.Li/c1-11(21)3-8-16(22)19-15(9-20)13-4-6-14(7-5-13)17-12(2)18-10-23-17;1-10(2,3)8(7-13)12-9(14)15-11(4,5)6;/h4-8,10-11,15,20-21H,1,3,9H2,2H3,(H,19,22);8H,1-6H3,(H,12,14);/q-2;-1;+1/t11-,15?;8-;/m01./s1. The molecule has 11 heteroatoms. The van der Waals surface area contributed by atoms with E-state index >= 15 is 0 Å². The van der Waals surface area contributed by atoms with Gasteiger partial charge in [-0.1, -0.05) is 57.2 Å². The molecule has 0 saturated heterocycles. The molecule has 0 aliphatic heterocycles. The summed E-state index contributed by atoms with van der Waals surface area (Å²) in [6, 6.07) is 6.52. The molecule has 39 heavy (non-hydrogen) atoms. The number of thiazole rings is 1. The van der Waals surface area contributed by atoms with E-state index in [1.165, 1.54) is 6.42 Å². The molecule has 1 unspecified atom stereocenters. The third-order valence-electron chi connectivity index (χ3n) is 5.04. The molecule has 3 atom stereocenters. The third kappa shape index (κ3) is 14.0. The van der Waals surface area contributed by atoms with Gasteiger partial charge < -0.3 is 48.5 Å². The molecule has 0 aliphatic carbocycles. The average molecular weight is 554 g/mol. The van der Waals surface area contributed by atoms with Gasteiger partial charge in [0.05, 0.1) is 34.6 Å². The molecule has 0 saturated carbocycles. The van der Waals surface area contributed by atoms with Crippen LogP contribution in [-0.4, -0.2) is 57.8 Å². The van der Waals surface area contributed by atoms with Crippen LogP contribution in [0.2, 0.25) is 0 Å². The van der Waals surface area contributed by atoms with Crippen LogP contribution in [0.15, 0.2) is 29.8 Å². The Morgan fingerprint density at radius 3 is 2.15 bits per heavy atom. The molecule has 4 N–H and O–H groups in total. The Kier molecular flexibility index (Phi) is 15.7. The van der Waals surface area contributed by atoms with E-state index in [2.05, 4.69) is 22.5 Å². The second-order valence-corrected chi connectivity index (χ2v) is 11.6. The minimum atomic E-state index is -0.810. The van der Waals surface area contributed by atoms with Crippen LogP contribution in [0.3, 0.4) is 0 Å². The summed E-state index contributed by atoms with van der Waals surface area (Å²) in [6.45, 7) is 16.0. The van der Waals surface area contributed by atoms with Gasteiger partial charge in [-0.2, -0.15) is 6.42 Å². The second-order valence-electron chi connectivity index (χ2n) is 10.8. The predicted molar refractivity (Wildman–Crippen MR) is 149 cm³/mol. The molecule has 1 aromatic carbocycles. The van der Waals surface area contributed by atoms with E-state index in [0.717, 1.165) is 21.7 Å². The predicted octanol–water partition coefficient (Wildman–Crippen LogP) is 1.10. The summed E-state index contributed by atoms with van der Waals surface area (Å²) >= 11 is 1.58. The van der Waals surface area contributed by atoms with Gasteiger partial charge in [0, 0.05) is 0 Å². The van der Waals surface area contributed by atoms with Crippen molar-refractivity contribution in [1.82, 2.24) is 15.6 Å². The Hall–Kier alpha value is -2.35. The molecule has 0 spiro atoms. The summed E-state index contributed by atoms with van der Waals surface area (Å²) in [5.41, 5.74) is 3.74. The van der Waals surface area contributed by atoms with Gasteiger partial charge in [-0.15, -0.1) is 11.3 Å². The molecule has 1 heterocycles. The molecule has 0 radical (unpaired) electrons. The summed E-state index contributed by atoms with van der Waals surface area (Å²) < 4.78 is 5.04. The Morgan fingerprint density at radius 2 is 1.74 bits per heavy atom. The first-order chi connectivity index (χ1) is 17.6. The topological polar surface area (TPSA) is 138 Å². The molecule has 0 bridgehead atoms. The zero-order valence-electron chi connectivity index (χ0n) is 24.2.